The number of aryl methyl sites for hydroxylation is 1. The van der Waals surface area contributed by atoms with Gasteiger partial charge in [0.2, 0.25) is 5.91 Å². The molecule has 23 heavy (non-hydrogen) atoms. The number of carbonyl (C=O) groups is 1. The number of carbonyl (C=O) groups excluding carboxylic acids is 1. The van der Waals surface area contributed by atoms with E-state index in [0.717, 1.165) is 33.3 Å². The molecule has 3 heteroatoms. The normalized spacial score (nSPS) is 10.6. The van der Waals surface area contributed by atoms with Crippen molar-refractivity contribution in [2.45, 2.75) is 13.8 Å². The van der Waals surface area contributed by atoms with Crippen molar-refractivity contribution in [3.63, 3.8) is 0 Å². The molecule has 3 aromatic rings. The molecule has 1 N–H and O–H groups in total. The fraction of sp³-hybridized carbons (Fsp3) is 0.150. The van der Waals surface area contributed by atoms with Gasteiger partial charge >= 0.3 is 0 Å². The first-order chi connectivity index (χ1) is 11.1. The van der Waals surface area contributed by atoms with Crippen molar-refractivity contribution in [1.82, 2.24) is 0 Å². The lowest BCUT2D eigenvalue weighted by Crippen LogP contribution is -2.06. The number of rotatable bonds is 3. The van der Waals surface area contributed by atoms with Crippen LogP contribution in [0.15, 0.2) is 54.6 Å². The molecular weight excluding hydrogens is 286 g/mol. The summed E-state index contributed by atoms with van der Waals surface area (Å²) in [6.45, 7) is 3.61. The van der Waals surface area contributed by atoms with Crippen LogP contribution in [0, 0.1) is 6.92 Å². The van der Waals surface area contributed by atoms with Crippen molar-refractivity contribution in [3.05, 3.63) is 60.2 Å². The van der Waals surface area contributed by atoms with Gasteiger partial charge in [0.25, 0.3) is 0 Å². The van der Waals surface area contributed by atoms with E-state index in [1.54, 1.807) is 7.11 Å². The summed E-state index contributed by atoms with van der Waals surface area (Å²) >= 11 is 0. The zero-order valence-corrected chi connectivity index (χ0v) is 13.5. The maximum Gasteiger partial charge on any atom is 0.221 e. The first-order valence-electron chi connectivity index (χ1n) is 7.54. The molecule has 0 bridgehead atoms. The summed E-state index contributed by atoms with van der Waals surface area (Å²) in [7, 11) is 1.66. The molecule has 3 aromatic carbocycles. The number of nitrogens with one attached hydrogen (secondary N) is 1. The molecule has 0 spiro atoms. The first kappa shape index (κ1) is 15.1. The minimum atomic E-state index is -0.0735. The van der Waals surface area contributed by atoms with Gasteiger partial charge < -0.3 is 10.1 Å². The van der Waals surface area contributed by atoms with E-state index in [4.69, 9.17) is 4.74 Å². The van der Waals surface area contributed by atoms with Crippen LogP contribution in [0.1, 0.15) is 12.5 Å². The van der Waals surface area contributed by atoms with Crippen molar-refractivity contribution < 1.29 is 9.53 Å². The molecule has 0 atom stereocenters. The van der Waals surface area contributed by atoms with Gasteiger partial charge in [-0.15, -0.1) is 0 Å². The third-order valence-electron chi connectivity index (χ3n) is 3.95. The highest BCUT2D eigenvalue weighted by Crippen LogP contribution is 2.36. The SMILES string of the molecule is COc1cccc(-c2ccc(C)c3cccc(NC(C)=O)c23)c1. The fourth-order valence-corrected chi connectivity index (χ4v) is 2.88. The molecule has 0 aromatic heterocycles. The maximum atomic E-state index is 11.6. The molecule has 0 saturated carbocycles. The van der Waals surface area contributed by atoms with E-state index in [9.17, 15) is 4.79 Å². The van der Waals surface area contributed by atoms with Gasteiger partial charge in [0, 0.05) is 18.0 Å². The van der Waals surface area contributed by atoms with Crippen LogP contribution in [-0.4, -0.2) is 13.0 Å². The maximum absolute atomic E-state index is 11.6. The van der Waals surface area contributed by atoms with Crippen LogP contribution in [0.3, 0.4) is 0 Å². The minimum Gasteiger partial charge on any atom is -0.497 e. The van der Waals surface area contributed by atoms with Gasteiger partial charge in [-0.05, 0) is 47.2 Å². The van der Waals surface area contributed by atoms with Gasteiger partial charge in [0.05, 0.1) is 7.11 Å². The van der Waals surface area contributed by atoms with E-state index in [1.165, 1.54) is 12.5 Å². The summed E-state index contributed by atoms with van der Waals surface area (Å²) in [6, 6.07) is 18.1. The zero-order chi connectivity index (χ0) is 16.4. The quantitative estimate of drug-likeness (QED) is 0.756. The van der Waals surface area contributed by atoms with Crippen molar-refractivity contribution in [2.75, 3.05) is 12.4 Å². The lowest BCUT2D eigenvalue weighted by Gasteiger charge is -2.14. The highest BCUT2D eigenvalue weighted by atomic mass is 16.5. The van der Waals surface area contributed by atoms with Crippen LogP contribution in [0.4, 0.5) is 5.69 Å². The van der Waals surface area contributed by atoms with Crippen LogP contribution in [0.25, 0.3) is 21.9 Å². The molecule has 0 aliphatic heterocycles. The predicted molar refractivity (Wildman–Crippen MR) is 95.0 cm³/mol. The Labute approximate surface area is 135 Å². The Hall–Kier alpha value is -2.81. The lowest BCUT2D eigenvalue weighted by atomic mass is 9.94. The first-order valence-corrected chi connectivity index (χ1v) is 7.54. The van der Waals surface area contributed by atoms with Gasteiger partial charge in [-0.1, -0.05) is 36.4 Å². The summed E-state index contributed by atoms with van der Waals surface area (Å²) in [5.41, 5.74) is 4.15. The van der Waals surface area contributed by atoms with E-state index in [-0.39, 0.29) is 5.91 Å². The highest BCUT2D eigenvalue weighted by molar-refractivity contribution is 6.09. The molecule has 116 valence electrons. The number of amides is 1. The second-order valence-electron chi connectivity index (χ2n) is 5.57. The minimum absolute atomic E-state index is 0.0735. The molecule has 0 saturated heterocycles. The number of ether oxygens (including phenoxy) is 1. The molecule has 0 radical (unpaired) electrons. The summed E-state index contributed by atoms with van der Waals surface area (Å²) in [5, 5.41) is 5.13. The monoisotopic (exact) mass is 305 g/mol. The van der Waals surface area contributed by atoms with Crippen LogP contribution in [0.2, 0.25) is 0 Å². The molecule has 3 rings (SSSR count). The van der Waals surface area contributed by atoms with Crippen LogP contribution in [-0.2, 0) is 4.79 Å². The molecule has 0 unspecified atom stereocenters. The van der Waals surface area contributed by atoms with Crippen molar-refractivity contribution in [1.29, 1.82) is 0 Å². The second kappa shape index (κ2) is 6.13. The molecule has 0 aliphatic rings. The van der Waals surface area contributed by atoms with E-state index >= 15 is 0 Å². The topological polar surface area (TPSA) is 38.3 Å². The Morgan fingerprint density at radius 2 is 1.83 bits per heavy atom. The van der Waals surface area contributed by atoms with Crippen molar-refractivity contribution >= 4 is 22.4 Å². The molecule has 0 fully saturated rings. The van der Waals surface area contributed by atoms with Crippen LogP contribution >= 0.6 is 0 Å². The Balaban J connectivity index is 2.31. The Kier molecular flexibility index (Phi) is 4.02. The Morgan fingerprint density at radius 1 is 1.04 bits per heavy atom. The molecule has 1 amide bonds. The van der Waals surface area contributed by atoms with Gasteiger partial charge in [-0.2, -0.15) is 0 Å². The Bertz CT molecular complexity index is 884. The van der Waals surface area contributed by atoms with Gasteiger partial charge in [-0.25, -0.2) is 0 Å². The summed E-state index contributed by atoms with van der Waals surface area (Å²) in [5.74, 6) is 0.740. The van der Waals surface area contributed by atoms with E-state index in [2.05, 4.69) is 36.5 Å². The number of fused-ring (bicyclic) bond motifs is 1. The van der Waals surface area contributed by atoms with Crippen LogP contribution in [0.5, 0.6) is 5.75 Å². The largest absolute Gasteiger partial charge is 0.497 e. The van der Waals surface area contributed by atoms with Crippen molar-refractivity contribution in [2.24, 2.45) is 0 Å². The number of hydrogen-bond acceptors (Lipinski definition) is 2. The number of anilines is 1. The molecule has 0 heterocycles. The fourth-order valence-electron chi connectivity index (χ4n) is 2.88. The highest BCUT2D eigenvalue weighted by Gasteiger charge is 2.11. The smallest absolute Gasteiger partial charge is 0.221 e. The van der Waals surface area contributed by atoms with E-state index in [0.29, 0.717) is 0 Å². The average Bonchev–Trinajstić information content (AvgIpc) is 2.55. The summed E-state index contributed by atoms with van der Waals surface area (Å²) < 4.78 is 5.34. The zero-order valence-electron chi connectivity index (χ0n) is 13.5. The molecule has 0 aliphatic carbocycles. The predicted octanol–water partition coefficient (Wildman–Crippen LogP) is 4.78. The average molecular weight is 305 g/mol. The van der Waals surface area contributed by atoms with Gasteiger partial charge in [-0.3, -0.25) is 4.79 Å². The standard InChI is InChI=1S/C20H19NO2/c1-13-10-11-18(15-6-4-7-16(12-15)23-3)20-17(13)8-5-9-19(20)21-14(2)22/h4-12H,1-3H3,(H,21,22). The van der Waals surface area contributed by atoms with Gasteiger partial charge in [0.15, 0.2) is 0 Å². The number of benzene rings is 3. The number of hydrogen-bond donors (Lipinski definition) is 1. The van der Waals surface area contributed by atoms with E-state index < -0.39 is 0 Å². The Morgan fingerprint density at radius 3 is 2.57 bits per heavy atom. The van der Waals surface area contributed by atoms with Crippen LogP contribution < -0.4 is 10.1 Å². The molecule has 3 nitrogen and oxygen atoms in total. The summed E-state index contributed by atoms with van der Waals surface area (Å²) in [4.78, 5) is 11.6. The van der Waals surface area contributed by atoms with E-state index in [1.807, 2.05) is 30.3 Å². The second-order valence-corrected chi connectivity index (χ2v) is 5.57. The van der Waals surface area contributed by atoms with Crippen molar-refractivity contribution in [3.8, 4) is 16.9 Å². The number of methoxy groups -OCH3 is 1. The third-order valence-corrected chi connectivity index (χ3v) is 3.95. The third kappa shape index (κ3) is 2.90. The summed E-state index contributed by atoms with van der Waals surface area (Å²) in [6.07, 6.45) is 0. The van der Waals surface area contributed by atoms with Gasteiger partial charge in [0.1, 0.15) is 5.75 Å². The lowest BCUT2D eigenvalue weighted by molar-refractivity contribution is -0.114. The molecular formula is C20H19NO2.